The van der Waals surface area contributed by atoms with E-state index in [1.807, 2.05) is 12.3 Å². The molecule has 3 N–H and O–H groups in total. The molecule has 0 radical (unpaired) electrons. The second-order valence-corrected chi connectivity index (χ2v) is 7.06. The van der Waals surface area contributed by atoms with E-state index in [9.17, 15) is 8.42 Å². The van der Waals surface area contributed by atoms with E-state index in [-0.39, 0.29) is 4.90 Å². The van der Waals surface area contributed by atoms with E-state index >= 15 is 0 Å². The van der Waals surface area contributed by atoms with E-state index in [4.69, 9.17) is 5.73 Å². The Labute approximate surface area is 122 Å². The molecule has 2 rings (SSSR count). The van der Waals surface area contributed by atoms with Gasteiger partial charge in [-0.1, -0.05) is 0 Å². The van der Waals surface area contributed by atoms with Gasteiger partial charge in [0.25, 0.3) is 0 Å². The molecule has 0 amide bonds. The molecule has 0 unspecified atom stereocenters. The maximum atomic E-state index is 12.3. The van der Waals surface area contributed by atoms with Gasteiger partial charge in [-0.05, 0) is 37.1 Å². The van der Waals surface area contributed by atoms with Crippen molar-refractivity contribution in [1.29, 1.82) is 0 Å². The Kier molecular flexibility index (Phi) is 4.42. The van der Waals surface area contributed by atoms with Crippen LogP contribution >= 0.6 is 11.3 Å². The Bertz CT molecular complexity index is 695. The zero-order valence-corrected chi connectivity index (χ0v) is 13.0. The summed E-state index contributed by atoms with van der Waals surface area (Å²) < 4.78 is 27.2. The molecular formula is C13H17N3O2S2. The average molecular weight is 311 g/mol. The molecule has 0 saturated heterocycles. The number of benzene rings is 1. The zero-order chi connectivity index (χ0) is 14.8. The highest BCUT2D eigenvalue weighted by atomic mass is 32.2. The molecule has 1 heterocycles. The first kappa shape index (κ1) is 15.0. The van der Waals surface area contributed by atoms with Gasteiger partial charge in [0.15, 0.2) is 0 Å². The summed E-state index contributed by atoms with van der Waals surface area (Å²) in [6, 6.07) is 3.40. The summed E-state index contributed by atoms with van der Waals surface area (Å²) in [6.07, 6.45) is 0.572. The third kappa shape index (κ3) is 3.36. The van der Waals surface area contributed by atoms with Crippen molar-refractivity contribution < 1.29 is 8.42 Å². The van der Waals surface area contributed by atoms with Crippen molar-refractivity contribution in [3.05, 3.63) is 39.8 Å². The number of nitrogens with two attached hydrogens (primary N) is 1. The van der Waals surface area contributed by atoms with Crippen molar-refractivity contribution in [1.82, 2.24) is 9.71 Å². The number of hydrogen-bond donors (Lipinski definition) is 2. The Hall–Kier alpha value is -1.44. The Balaban J connectivity index is 2.14. The third-order valence-corrected chi connectivity index (χ3v) is 5.21. The lowest BCUT2D eigenvalue weighted by Crippen LogP contribution is -2.27. The molecule has 5 nitrogen and oxygen atoms in total. The van der Waals surface area contributed by atoms with E-state index < -0.39 is 10.0 Å². The molecule has 0 atom stereocenters. The molecule has 108 valence electrons. The van der Waals surface area contributed by atoms with Crippen LogP contribution in [0.1, 0.15) is 16.8 Å². The van der Waals surface area contributed by atoms with E-state index in [0.29, 0.717) is 24.2 Å². The number of aromatic nitrogens is 1. The standard InChI is InChI=1S/C13H17N3O2S2/c1-9-5-12(14)10(2)13(6-9)20(17,18)16-4-3-11-7-19-8-15-11/h5-8,16H,3-4,14H2,1-2H3. The van der Waals surface area contributed by atoms with E-state index in [1.54, 1.807) is 24.6 Å². The number of nitrogens with one attached hydrogen (secondary N) is 1. The second kappa shape index (κ2) is 5.90. The first-order chi connectivity index (χ1) is 9.40. The van der Waals surface area contributed by atoms with Crippen LogP contribution in [0.4, 0.5) is 5.69 Å². The van der Waals surface area contributed by atoms with Crippen LogP contribution in [0.3, 0.4) is 0 Å². The first-order valence-electron chi connectivity index (χ1n) is 6.13. The molecule has 1 aromatic carbocycles. The number of nitrogen functional groups attached to an aromatic ring is 1. The van der Waals surface area contributed by atoms with Crippen molar-refractivity contribution >= 4 is 27.0 Å². The van der Waals surface area contributed by atoms with Crippen molar-refractivity contribution in [3.63, 3.8) is 0 Å². The number of aryl methyl sites for hydroxylation is 1. The fourth-order valence-corrected chi connectivity index (χ4v) is 3.87. The molecule has 0 fully saturated rings. The number of sulfonamides is 1. The molecule has 1 aromatic heterocycles. The maximum Gasteiger partial charge on any atom is 0.240 e. The molecule has 0 saturated carbocycles. The highest BCUT2D eigenvalue weighted by Gasteiger charge is 2.18. The Morgan fingerprint density at radius 2 is 2.10 bits per heavy atom. The van der Waals surface area contributed by atoms with Crippen LogP contribution in [0.2, 0.25) is 0 Å². The summed E-state index contributed by atoms with van der Waals surface area (Å²) in [5.41, 5.74) is 10.3. The highest BCUT2D eigenvalue weighted by Crippen LogP contribution is 2.22. The van der Waals surface area contributed by atoms with E-state index in [1.165, 1.54) is 11.3 Å². The quantitative estimate of drug-likeness (QED) is 0.825. The SMILES string of the molecule is Cc1cc(N)c(C)c(S(=O)(=O)NCCc2cscn2)c1. The summed E-state index contributed by atoms with van der Waals surface area (Å²) in [6.45, 7) is 3.85. The zero-order valence-electron chi connectivity index (χ0n) is 11.4. The third-order valence-electron chi connectivity index (χ3n) is 2.99. The minimum Gasteiger partial charge on any atom is -0.398 e. The largest absolute Gasteiger partial charge is 0.398 e. The lowest BCUT2D eigenvalue weighted by Gasteiger charge is -2.12. The number of hydrogen-bond acceptors (Lipinski definition) is 5. The summed E-state index contributed by atoms with van der Waals surface area (Å²) in [5, 5.41) is 1.91. The number of rotatable bonds is 5. The molecule has 0 bridgehead atoms. The number of thiazole rings is 1. The lowest BCUT2D eigenvalue weighted by atomic mass is 10.1. The molecule has 7 heteroatoms. The van der Waals surface area contributed by atoms with Crippen LogP contribution in [0.5, 0.6) is 0 Å². The van der Waals surface area contributed by atoms with Gasteiger partial charge < -0.3 is 5.73 Å². The second-order valence-electron chi connectivity index (χ2n) is 4.60. The van der Waals surface area contributed by atoms with Crippen molar-refractivity contribution in [2.24, 2.45) is 0 Å². The fraction of sp³-hybridized carbons (Fsp3) is 0.308. The predicted octanol–water partition coefficient (Wildman–Crippen LogP) is 1.86. The van der Waals surface area contributed by atoms with Gasteiger partial charge in [0.2, 0.25) is 10.0 Å². The summed E-state index contributed by atoms with van der Waals surface area (Å²) >= 11 is 1.50. The highest BCUT2D eigenvalue weighted by molar-refractivity contribution is 7.89. The smallest absolute Gasteiger partial charge is 0.240 e. The summed E-state index contributed by atoms with van der Waals surface area (Å²) in [5.74, 6) is 0. The van der Waals surface area contributed by atoms with Crippen molar-refractivity contribution in [2.45, 2.75) is 25.2 Å². The van der Waals surface area contributed by atoms with Crippen LogP contribution in [-0.2, 0) is 16.4 Å². The van der Waals surface area contributed by atoms with Gasteiger partial charge in [0.05, 0.1) is 16.1 Å². The summed E-state index contributed by atoms with van der Waals surface area (Å²) in [7, 11) is -3.54. The van der Waals surface area contributed by atoms with Crippen molar-refractivity contribution in [3.8, 4) is 0 Å². The molecule has 20 heavy (non-hydrogen) atoms. The van der Waals surface area contributed by atoms with Gasteiger partial charge in [-0.25, -0.2) is 18.1 Å². The maximum absolute atomic E-state index is 12.3. The lowest BCUT2D eigenvalue weighted by molar-refractivity contribution is 0.580. The van der Waals surface area contributed by atoms with Crippen LogP contribution in [0.15, 0.2) is 27.9 Å². The minimum atomic E-state index is -3.54. The van der Waals surface area contributed by atoms with Crippen LogP contribution in [0, 0.1) is 13.8 Å². The number of anilines is 1. The first-order valence-corrected chi connectivity index (χ1v) is 8.56. The molecule has 0 aliphatic carbocycles. The van der Waals surface area contributed by atoms with Gasteiger partial charge in [0, 0.05) is 24.0 Å². The van der Waals surface area contributed by atoms with Gasteiger partial charge in [-0.15, -0.1) is 11.3 Å². The van der Waals surface area contributed by atoms with Crippen LogP contribution in [0.25, 0.3) is 0 Å². The van der Waals surface area contributed by atoms with Crippen molar-refractivity contribution in [2.75, 3.05) is 12.3 Å². The molecule has 2 aromatic rings. The molecule has 0 aliphatic heterocycles. The molecular weight excluding hydrogens is 294 g/mol. The molecule has 0 spiro atoms. The average Bonchev–Trinajstić information content (AvgIpc) is 2.86. The Morgan fingerprint density at radius 1 is 1.35 bits per heavy atom. The van der Waals surface area contributed by atoms with E-state index in [2.05, 4.69) is 9.71 Å². The summed E-state index contributed by atoms with van der Waals surface area (Å²) in [4.78, 5) is 4.36. The fourth-order valence-electron chi connectivity index (χ4n) is 1.88. The Morgan fingerprint density at radius 3 is 2.75 bits per heavy atom. The molecule has 0 aliphatic rings. The van der Waals surface area contributed by atoms with Gasteiger partial charge >= 0.3 is 0 Å². The van der Waals surface area contributed by atoms with Gasteiger partial charge in [-0.3, -0.25) is 0 Å². The van der Waals surface area contributed by atoms with Gasteiger partial charge in [0.1, 0.15) is 0 Å². The van der Waals surface area contributed by atoms with Gasteiger partial charge in [-0.2, -0.15) is 0 Å². The van der Waals surface area contributed by atoms with E-state index in [0.717, 1.165) is 11.3 Å². The minimum absolute atomic E-state index is 0.244. The normalized spacial score (nSPS) is 11.7. The van der Waals surface area contributed by atoms with Crippen LogP contribution < -0.4 is 10.5 Å². The topological polar surface area (TPSA) is 85.1 Å². The number of nitrogens with zero attached hydrogens (tertiary/aromatic N) is 1. The predicted molar refractivity (Wildman–Crippen MR) is 81.3 cm³/mol. The monoisotopic (exact) mass is 311 g/mol. The van der Waals surface area contributed by atoms with Crippen LogP contribution in [-0.4, -0.2) is 19.9 Å².